The number of anilines is 1. The summed E-state index contributed by atoms with van der Waals surface area (Å²) >= 11 is 3.37. The van der Waals surface area contributed by atoms with Crippen LogP contribution < -0.4 is 5.32 Å². The maximum absolute atomic E-state index is 12.4. The number of benzene rings is 1. The van der Waals surface area contributed by atoms with Crippen LogP contribution >= 0.6 is 15.9 Å². The highest BCUT2D eigenvalue weighted by atomic mass is 79.9. The molecule has 3 rings (SSSR count). The lowest BCUT2D eigenvalue weighted by Gasteiger charge is -2.19. The molecular weight excluding hydrogens is 360 g/mol. The fourth-order valence-corrected chi connectivity index (χ4v) is 3.96. The Morgan fingerprint density at radius 3 is 2.39 bits per heavy atom. The molecule has 0 unspecified atom stereocenters. The highest BCUT2D eigenvalue weighted by Crippen LogP contribution is 2.37. The van der Waals surface area contributed by atoms with Gasteiger partial charge < -0.3 is 5.32 Å². The van der Waals surface area contributed by atoms with Gasteiger partial charge in [-0.1, -0.05) is 28.8 Å². The van der Waals surface area contributed by atoms with E-state index in [1.165, 1.54) is 0 Å². The van der Waals surface area contributed by atoms with Gasteiger partial charge >= 0.3 is 0 Å². The lowest BCUT2D eigenvalue weighted by molar-refractivity contribution is -0.142. The molecule has 1 aromatic carbocycles. The van der Waals surface area contributed by atoms with Crippen molar-refractivity contribution in [2.24, 2.45) is 11.8 Å². The maximum Gasteiger partial charge on any atom is 0.244 e. The van der Waals surface area contributed by atoms with Crippen molar-refractivity contribution in [1.82, 2.24) is 4.90 Å². The number of rotatable bonds is 3. The summed E-state index contributed by atoms with van der Waals surface area (Å²) in [7, 11) is 0. The van der Waals surface area contributed by atoms with Crippen LogP contribution in [0.1, 0.15) is 31.2 Å². The molecule has 1 saturated heterocycles. The molecule has 1 aromatic rings. The number of halogens is 1. The van der Waals surface area contributed by atoms with E-state index in [-0.39, 0.29) is 36.1 Å². The molecule has 2 atom stereocenters. The summed E-state index contributed by atoms with van der Waals surface area (Å²) in [6, 6.07) is 5.53. The monoisotopic (exact) mass is 378 g/mol. The molecule has 2 fully saturated rings. The maximum atomic E-state index is 12.4. The minimum Gasteiger partial charge on any atom is -0.324 e. The van der Waals surface area contributed by atoms with Crippen molar-refractivity contribution in [2.75, 3.05) is 11.9 Å². The second kappa shape index (κ2) is 6.43. The third-order valence-electron chi connectivity index (χ3n) is 4.70. The van der Waals surface area contributed by atoms with Crippen LogP contribution in [0.5, 0.6) is 0 Å². The Morgan fingerprint density at radius 2 is 1.83 bits per heavy atom. The molecule has 0 spiro atoms. The van der Waals surface area contributed by atoms with Crippen molar-refractivity contribution in [3.05, 3.63) is 28.2 Å². The Balaban J connectivity index is 1.68. The average Bonchev–Trinajstić information content (AvgIpc) is 2.76. The van der Waals surface area contributed by atoms with Gasteiger partial charge in [-0.05, 0) is 43.5 Å². The number of nitrogens with zero attached hydrogens (tertiary/aromatic N) is 1. The fraction of sp³-hybridized carbons (Fsp3) is 0.471. The molecule has 1 saturated carbocycles. The topological polar surface area (TPSA) is 66.5 Å². The summed E-state index contributed by atoms with van der Waals surface area (Å²) in [5, 5.41) is 2.78. The standard InChI is InChI=1S/C17H19BrN2O3/c1-10-8-11(18)6-7-14(10)19-15(21)9-20-16(22)12-4-2-3-5-13(12)17(20)23/h6-8,12-13H,2-5,9H2,1H3,(H,19,21)/t12-,13+. The molecule has 0 aromatic heterocycles. The highest BCUT2D eigenvalue weighted by Gasteiger charge is 2.48. The van der Waals surface area contributed by atoms with Gasteiger partial charge in [0, 0.05) is 10.2 Å². The Hall–Kier alpha value is -1.69. The van der Waals surface area contributed by atoms with Gasteiger partial charge in [0.25, 0.3) is 0 Å². The van der Waals surface area contributed by atoms with Crippen LogP contribution in [0.2, 0.25) is 0 Å². The smallest absolute Gasteiger partial charge is 0.244 e. The largest absolute Gasteiger partial charge is 0.324 e. The Bertz CT molecular complexity index is 650. The van der Waals surface area contributed by atoms with Gasteiger partial charge in [-0.25, -0.2) is 0 Å². The van der Waals surface area contributed by atoms with Crippen LogP contribution in [0.4, 0.5) is 5.69 Å². The number of likely N-dealkylation sites (tertiary alicyclic amines) is 1. The molecule has 2 aliphatic rings. The normalized spacial score (nSPS) is 23.8. The first-order chi connectivity index (χ1) is 11.0. The van der Waals surface area contributed by atoms with Crippen molar-refractivity contribution in [3.8, 4) is 0 Å². The van der Waals surface area contributed by atoms with E-state index < -0.39 is 0 Å². The molecule has 1 aliphatic heterocycles. The SMILES string of the molecule is Cc1cc(Br)ccc1NC(=O)CN1C(=O)[C@H]2CCCC[C@H]2C1=O. The molecule has 1 N–H and O–H groups in total. The number of hydrogen-bond donors (Lipinski definition) is 1. The highest BCUT2D eigenvalue weighted by molar-refractivity contribution is 9.10. The molecule has 1 aliphatic carbocycles. The molecule has 23 heavy (non-hydrogen) atoms. The van der Waals surface area contributed by atoms with E-state index in [2.05, 4.69) is 21.2 Å². The summed E-state index contributed by atoms with van der Waals surface area (Å²) in [5.74, 6) is -1.11. The van der Waals surface area contributed by atoms with Crippen LogP contribution in [0.15, 0.2) is 22.7 Å². The predicted molar refractivity (Wildman–Crippen MR) is 89.7 cm³/mol. The van der Waals surface area contributed by atoms with Crippen molar-refractivity contribution >= 4 is 39.3 Å². The van der Waals surface area contributed by atoms with E-state index >= 15 is 0 Å². The lowest BCUT2D eigenvalue weighted by Crippen LogP contribution is -2.38. The zero-order valence-electron chi connectivity index (χ0n) is 13.0. The third kappa shape index (κ3) is 3.17. The second-order valence-corrected chi connectivity index (χ2v) is 7.18. The van der Waals surface area contributed by atoms with Gasteiger partial charge in [0.1, 0.15) is 6.54 Å². The van der Waals surface area contributed by atoms with Crippen molar-refractivity contribution in [1.29, 1.82) is 0 Å². The van der Waals surface area contributed by atoms with Gasteiger partial charge in [-0.3, -0.25) is 19.3 Å². The van der Waals surface area contributed by atoms with Gasteiger partial charge in [0.05, 0.1) is 11.8 Å². The number of amides is 3. The number of carbonyl (C=O) groups excluding carboxylic acids is 3. The van der Waals surface area contributed by atoms with E-state index in [0.717, 1.165) is 40.6 Å². The number of fused-ring (bicyclic) bond motifs is 1. The van der Waals surface area contributed by atoms with E-state index in [9.17, 15) is 14.4 Å². The molecule has 0 radical (unpaired) electrons. The minimum absolute atomic E-state index is 0.178. The first kappa shape index (κ1) is 16.2. The molecule has 0 bridgehead atoms. The Labute approximate surface area is 143 Å². The number of carbonyl (C=O) groups is 3. The van der Waals surface area contributed by atoms with E-state index in [1.807, 2.05) is 19.1 Å². The number of nitrogens with one attached hydrogen (secondary N) is 1. The summed E-state index contributed by atoms with van der Waals surface area (Å²) in [4.78, 5) is 38.1. The van der Waals surface area contributed by atoms with Crippen molar-refractivity contribution in [2.45, 2.75) is 32.6 Å². The Morgan fingerprint density at radius 1 is 1.22 bits per heavy atom. The predicted octanol–water partition coefficient (Wildman–Crippen LogP) is 2.87. The molecular formula is C17H19BrN2O3. The molecule has 1 heterocycles. The number of imide groups is 1. The molecule has 6 heteroatoms. The summed E-state index contributed by atoms with van der Waals surface area (Å²) < 4.78 is 0.932. The van der Waals surface area contributed by atoms with E-state index in [1.54, 1.807) is 6.07 Å². The van der Waals surface area contributed by atoms with E-state index in [0.29, 0.717) is 5.69 Å². The molecule has 3 amide bonds. The second-order valence-electron chi connectivity index (χ2n) is 6.27. The van der Waals surface area contributed by atoms with Crippen LogP contribution in [-0.2, 0) is 14.4 Å². The van der Waals surface area contributed by atoms with Gasteiger partial charge in [0.2, 0.25) is 17.7 Å². The molecule has 5 nitrogen and oxygen atoms in total. The number of aryl methyl sites for hydroxylation is 1. The first-order valence-electron chi connectivity index (χ1n) is 7.88. The first-order valence-corrected chi connectivity index (χ1v) is 8.68. The average molecular weight is 379 g/mol. The van der Waals surface area contributed by atoms with Crippen molar-refractivity contribution in [3.63, 3.8) is 0 Å². The van der Waals surface area contributed by atoms with Gasteiger partial charge in [0.15, 0.2) is 0 Å². The van der Waals surface area contributed by atoms with E-state index in [4.69, 9.17) is 0 Å². The van der Waals surface area contributed by atoms with Gasteiger partial charge in [-0.2, -0.15) is 0 Å². The zero-order chi connectivity index (χ0) is 16.6. The Kier molecular flexibility index (Phi) is 4.53. The third-order valence-corrected chi connectivity index (χ3v) is 5.19. The van der Waals surface area contributed by atoms with Crippen LogP contribution in [0, 0.1) is 18.8 Å². The fourth-order valence-electron chi connectivity index (χ4n) is 3.49. The van der Waals surface area contributed by atoms with Crippen molar-refractivity contribution < 1.29 is 14.4 Å². The minimum atomic E-state index is -0.337. The van der Waals surface area contributed by atoms with Crippen LogP contribution in [-0.4, -0.2) is 29.2 Å². The molecule has 122 valence electrons. The van der Waals surface area contributed by atoms with Crippen LogP contribution in [0.25, 0.3) is 0 Å². The lowest BCUT2D eigenvalue weighted by atomic mass is 9.81. The number of hydrogen-bond acceptors (Lipinski definition) is 3. The quantitative estimate of drug-likeness (QED) is 0.822. The summed E-state index contributed by atoms with van der Waals surface area (Å²) in [6.07, 6.45) is 3.50. The zero-order valence-corrected chi connectivity index (χ0v) is 14.6. The summed E-state index contributed by atoms with van der Waals surface area (Å²) in [5.41, 5.74) is 1.61. The van der Waals surface area contributed by atoms with Crippen LogP contribution in [0.3, 0.4) is 0 Å². The summed E-state index contributed by atoms with van der Waals surface area (Å²) in [6.45, 7) is 1.70. The van der Waals surface area contributed by atoms with Gasteiger partial charge in [-0.15, -0.1) is 0 Å².